The van der Waals surface area contributed by atoms with E-state index < -0.39 is 0 Å². The Kier molecular flexibility index (Phi) is 5.00. The minimum atomic E-state index is -0.345. The van der Waals surface area contributed by atoms with E-state index in [1.165, 1.54) is 0 Å². The van der Waals surface area contributed by atoms with Crippen molar-refractivity contribution in [3.8, 4) is 17.2 Å². The fourth-order valence-electron chi connectivity index (χ4n) is 2.11. The van der Waals surface area contributed by atoms with Crippen LogP contribution in [0.15, 0.2) is 52.9 Å². The highest BCUT2D eigenvalue weighted by atomic mass is 35.5. The van der Waals surface area contributed by atoms with Crippen LogP contribution in [0.1, 0.15) is 24.2 Å². The lowest BCUT2D eigenvalue weighted by atomic mass is 10.2. The van der Waals surface area contributed by atoms with Crippen molar-refractivity contribution in [3.63, 3.8) is 0 Å². The van der Waals surface area contributed by atoms with E-state index in [1.54, 1.807) is 48.5 Å². The third-order valence-electron chi connectivity index (χ3n) is 3.22. The van der Waals surface area contributed by atoms with Gasteiger partial charge in [0.1, 0.15) is 5.75 Å². The molecule has 0 aliphatic rings. The summed E-state index contributed by atoms with van der Waals surface area (Å²) >= 11 is 5.85. The first-order valence-corrected chi connectivity index (χ1v) is 8.06. The number of rotatable bonds is 5. The number of nitrogens with zero attached hydrogens (tertiary/aromatic N) is 2. The third-order valence-corrected chi connectivity index (χ3v) is 3.48. The number of ether oxygens (including phenoxy) is 1. The topological polar surface area (TPSA) is 77.2 Å². The lowest BCUT2D eigenvalue weighted by molar-refractivity contribution is 0.102. The molecule has 1 N–H and O–H groups in total. The third kappa shape index (κ3) is 4.36. The van der Waals surface area contributed by atoms with E-state index in [9.17, 15) is 4.79 Å². The Balaban J connectivity index is 1.68. The summed E-state index contributed by atoms with van der Waals surface area (Å²) in [6.07, 6.45) is 0.0735. The number of anilines is 1. The average Bonchev–Trinajstić information content (AvgIpc) is 3.04. The van der Waals surface area contributed by atoms with Crippen molar-refractivity contribution in [2.24, 2.45) is 0 Å². The van der Waals surface area contributed by atoms with Gasteiger partial charge in [-0.05, 0) is 62.4 Å². The summed E-state index contributed by atoms with van der Waals surface area (Å²) in [7, 11) is 0. The Morgan fingerprint density at radius 3 is 2.40 bits per heavy atom. The number of hydrogen-bond donors (Lipinski definition) is 1. The van der Waals surface area contributed by atoms with Crippen molar-refractivity contribution >= 4 is 23.5 Å². The highest BCUT2D eigenvalue weighted by Gasteiger charge is 2.13. The smallest absolute Gasteiger partial charge is 0.322 e. The molecule has 0 aliphatic heterocycles. The number of amides is 1. The molecule has 0 aliphatic carbocycles. The number of nitrogens with one attached hydrogen (secondary N) is 1. The van der Waals surface area contributed by atoms with Crippen LogP contribution in [0, 0.1) is 0 Å². The molecule has 0 unspecified atom stereocenters. The summed E-state index contributed by atoms with van der Waals surface area (Å²) in [5.41, 5.74) is 1.18. The maximum Gasteiger partial charge on any atom is 0.322 e. The Bertz CT molecular complexity index is 858. The van der Waals surface area contributed by atoms with Crippen molar-refractivity contribution in [3.05, 3.63) is 59.1 Å². The molecule has 128 valence electrons. The number of hydrogen-bond acceptors (Lipinski definition) is 5. The first-order chi connectivity index (χ1) is 12.0. The fraction of sp³-hybridized carbons (Fsp3) is 0.167. The van der Waals surface area contributed by atoms with E-state index >= 15 is 0 Å². The molecule has 3 aromatic rings. The first-order valence-electron chi connectivity index (χ1n) is 7.69. The lowest BCUT2D eigenvalue weighted by Crippen LogP contribution is -2.12. The van der Waals surface area contributed by atoms with Crippen molar-refractivity contribution in [2.75, 3.05) is 5.32 Å². The van der Waals surface area contributed by atoms with Crippen LogP contribution in [0.4, 0.5) is 6.01 Å². The minimum absolute atomic E-state index is 0.0254. The molecule has 1 heterocycles. The predicted octanol–water partition coefficient (Wildman–Crippen LogP) is 4.43. The molecule has 0 fully saturated rings. The predicted molar refractivity (Wildman–Crippen MR) is 94.9 cm³/mol. The molecule has 0 saturated carbocycles. The SMILES string of the molecule is CC(C)Oc1ccc(C(=O)Nc2nnc(-c3ccc(Cl)cc3)o2)cc1. The van der Waals surface area contributed by atoms with E-state index in [-0.39, 0.29) is 18.0 Å². The largest absolute Gasteiger partial charge is 0.491 e. The molecule has 6 nitrogen and oxygen atoms in total. The first kappa shape index (κ1) is 17.0. The standard InChI is InChI=1S/C18H16ClN3O3/c1-11(2)24-15-9-5-12(6-10-15)16(23)20-18-22-21-17(25-18)13-3-7-14(19)8-4-13/h3-11H,1-2H3,(H,20,22,23). The van der Waals surface area contributed by atoms with Crippen molar-refractivity contribution in [1.82, 2.24) is 10.2 Å². The van der Waals surface area contributed by atoms with Gasteiger partial charge in [0.2, 0.25) is 5.89 Å². The van der Waals surface area contributed by atoms with Gasteiger partial charge in [0.05, 0.1) is 6.10 Å². The monoisotopic (exact) mass is 357 g/mol. The molecule has 1 aromatic heterocycles. The molecule has 0 spiro atoms. The van der Waals surface area contributed by atoms with Crippen LogP contribution < -0.4 is 10.1 Å². The zero-order valence-corrected chi connectivity index (χ0v) is 14.4. The van der Waals surface area contributed by atoms with Crippen molar-refractivity contribution in [1.29, 1.82) is 0 Å². The van der Waals surface area contributed by atoms with Crippen LogP contribution >= 0.6 is 11.6 Å². The molecule has 0 bridgehead atoms. The molecule has 0 atom stereocenters. The number of carbonyl (C=O) groups excluding carboxylic acids is 1. The zero-order chi connectivity index (χ0) is 17.8. The summed E-state index contributed by atoms with van der Waals surface area (Å²) in [5.74, 6) is 0.657. The summed E-state index contributed by atoms with van der Waals surface area (Å²) in [5, 5.41) is 10.9. The van der Waals surface area contributed by atoms with Crippen LogP contribution in [0.5, 0.6) is 5.75 Å². The quantitative estimate of drug-likeness (QED) is 0.730. The van der Waals surface area contributed by atoms with E-state index in [4.69, 9.17) is 20.8 Å². The van der Waals surface area contributed by atoms with Gasteiger partial charge in [-0.1, -0.05) is 16.7 Å². The second-order valence-corrected chi connectivity index (χ2v) is 6.00. The molecule has 3 rings (SSSR count). The van der Waals surface area contributed by atoms with E-state index in [0.29, 0.717) is 27.8 Å². The molecular weight excluding hydrogens is 342 g/mol. The summed E-state index contributed by atoms with van der Waals surface area (Å²) in [6, 6.07) is 13.8. The molecule has 2 aromatic carbocycles. The fourth-order valence-corrected chi connectivity index (χ4v) is 2.24. The zero-order valence-electron chi connectivity index (χ0n) is 13.7. The molecule has 7 heteroatoms. The van der Waals surface area contributed by atoms with Gasteiger partial charge in [0.25, 0.3) is 5.91 Å². The molecule has 0 radical (unpaired) electrons. The second kappa shape index (κ2) is 7.36. The van der Waals surface area contributed by atoms with Gasteiger partial charge in [0, 0.05) is 16.1 Å². The summed E-state index contributed by atoms with van der Waals surface area (Å²) < 4.78 is 11.0. The van der Waals surface area contributed by atoms with Crippen molar-refractivity contribution < 1.29 is 13.9 Å². The highest BCUT2D eigenvalue weighted by molar-refractivity contribution is 6.30. The van der Waals surface area contributed by atoms with Gasteiger partial charge in [-0.2, -0.15) is 0 Å². The summed E-state index contributed by atoms with van der Waals surface area (Å²) in [4.78, 5) is 12.2. The van der Waals surface area contributed by atoms with Crippen LogP contribution in [-0.2, 0) is 0 Å². The van der Waals surface area contributed by atoms with Crippen LogP contribution in [0.25, 0.3) is 11.5 Å². The molecule has 25 heavy (non-hydrogen) atoms. The lowest BCUT2D eigenvalue weighted by Gasteiger charge is -2.09. The van der Waals surface area contributed by atoms with E-state index in [2.05, 4.69) is 15.5 Å². The molecule has 0 saturated heterocycles. The van der Waals surface area contributed by atoms with Gasteiger partial charge < -0.3 is 9.15 Å². The maximum atomic E-state index is 12.2. The Labute approximate surface area is 149 Å². The van der Waals surface area contributed by atoms with Crippen molar-refractivity contribution in [2.45, 2.75) is 20.0 Å². The van der Waals surface area contributed by atoms with Gasteiger partial charge in [-0.3, -0.25) is 10.1 Å². The van der Waals surface area contributed by atoms with Gasteiger partial charge in [-0.15, -0.1) is 5.10 Å². The Hall–Kier alpha value is -2.86. The van der Waals surface area contributed by atoms with Gasteiger partial charge in [-0.25, -0.2) is 0 Å². The molecular formula is C18H16ClN3O3. The number of carbonyl (C=O) groups is 1. The number of halogens is 1. The Morgan fingerprint density at radius 2 is 1.76 bits per heavy atom. The Morgan fingerprint density at radius 1 is 1.08 bits per heavy atom. The highest BCUT2D eigenvalue weighted by Crippen LogP contribution is 2.22. The van der Waals surface area contributed by atoms with Crippen LogP contribution in [-0.4, -0.2) is 22.2 Å². The number of benzene rings is 2. The summed E-state index contributed by atoms with van der Waals surface area (Å²) in [6.45, 7) is 3.88. The number of aromatic nitrogens is 2. The van der Waals surface area contributed by atoms with Gasteiger partial charge >= 0.3 is 6.01 Å². The van der Waals surface area contributed by atoms with E-state index in [0.717, 1.165) is 0 Å². The molecule has 1 amide bonds. The maximum absolute atomic E-state index is 12.2. The van der Waals surface area contributed by atoms with Crippen LogP contribution in [0.3, 0.4) is 0 Å². The average molecular weight is 358 g/mol. The van der Waals surface area contributed by atoms with Gasteiger partial charge in [0.15, 0.2) is 0 Å². The van der Waals surface area contributed by atoms with E-state index in [1.807, 2.05) is 13.8 Å². The second-order valence-electron chi connectivity index (χ2n) is 5.56. The van der Waals surface area contributed by atoms with Crippen LogP contribution in [0.2, 0.25) is 5.02 Å². The minimum Gasteiger partial charge on any atom is -0.491 e. The normalized spacial score (nSPS) is 10.7.